The number of nitrogens with one attached hydrogen (secondary N) is 1. The van der Waals surface area contributed by atoms with E-state index in [0.717, 1.165) is 32.6 Å². The van der Waals surface area contributed by atoms with E-state index < -0.39 is 0 Å². The molecule has 1 rings (SSSR count). The van der Waals surface area contributed by atoms with Crippen molar-refractivity contribution >= 4 is 0 Å². The van der Waals surface area contributed by atoms with Gasteiger partial charge in [0.25, 0.3) is 0 Å². The molecule has 0 spiro atoms. The highest BCUT2D eigenvalue weighted by Crippen LogP contribution is 2.28. The standard InChI is InChI=1S/C12H26N2O/c1-4-12(5-2,9-13-3)10-14-7-6-11(15)8-14/h11,13,15H,4-10H2,1-3H3. The van der Waals surface area contributed by atoms with E-state index in [0.29, 0.717) is 5.41 Å². The van der Waals surface area contributed by atoms with Crippen LogP contribution < -0.4 is 5.32 Å². The minimum atomic E-state index is -0.0917. The van der Waals surface area contributed by atoms with E-state index in [-0.39, 0.29) is 6.10 Å². The molecule has 0 aromatic heterocycles. The van der Waals surface area contributed by atoms with Crippen LogP contribution in [0.1, 0.15) is 33.1 Å². The summed E-state index contributed by atoms with van der Waals surface area (Å²) in [6.07, 6.45) is 3.27. The Morgan fingerprint density at radius 3 is 2.47 bits per heavy atom. The van der Waals surface area contributed by atoms with Gasteiger partial charge in [0.05, 0.1) is 6.10 Å². The van der Waals surface area contributed by atoms with E-state index in [1.807, 2.05) is 7.05 Å². The molecule has 2 N–H and O–H groups in total. The zero-order valence-corrected chi connectivity index (χ0v) is 10.4. The van der Waals surface area contributed by atoms with Crippen LogP contribution in [-0.2, 0) is 0 Å². The van der Waals surface area contributed by atoms with Crippen molar-refractivity contribution in [2.75, 3.05) is 33.2 Å². The Balaban J connectivity index is 2.49. The Bertz CT molecular complexity index is 180. The van der Waals surface area contributed by atoms with Gasteiger partial charge in [-0.15, -0.1) is 0 Å². The average molecular weight is 214 g/mol. The van der Waals surface area contributed by atoms with E-state index in [1.54, 1.807) is 0 Å². The van der Waals surface area contributed by atoms with Gasteiger partial charge in [0.2, 0.25) is 0 Å². The number of hydrogen-bond acceptors (Lipinski definition) is 3. The molecule has 0 aromatic carbocycles. The van der Waals surface area contributed by atoms with Crippen molar-refractivity contribution in [2.24, 2.45) is 5.41 Å². The third-order valence-electron chi connectivity index (χ3n) is 3.86. The number of rotatable bonds is 6. The molecule has 1 aliphatic rings. The van der Waals surface area contributed by atoms with Crippen LogP contribution in [0.4, 0.5) is 0 Å². The number of likely N-dealkylation sites (tertiary alicyclic amines) is 1. The van der Waals surface area contributed by atoms with Crippen LogP contribution in [0.15, 0.2) is 0 Å². The van der Waals surface area contributed by atoms with Crippen LogP contribution in [0, 0.1) is 5.41 Å². The Morgan fingerprint density at radius 2 is 2.07 bits per heavy atom. The van der Waals surface area contributed by atoms with Crippen molar-refractivity contribution in [3.8, 4) is 0 Å². The van der Waals surface area contributed by atoms with Crippen LogP contribution in [0.5, 0.6) is 0 Å². The van der Waals surface area contributed by atoms with E-state index in [9.17, 15) is 5.11 Å². The van der Waals surface area contributed by atoms with Crippen molar-refractivity contribution in [1.82, 2.24) is 10.2 Å². The number of nitrogens with zero attached hydrogens (tertiary/aromatic N) is 1. The van der Waals surface area contributed by atoms with Crippen molar-refractivity contribution in [2.45, 2.75) is 39.2 Å². The van der Waals surface area contributed by atoms with Crippen molar-refractivity contribution in [3.05, 3.63) is 0 Å². The highest BCUT2D eigenvalue weighted by atomic mass is 16.3. The quantitative estimate of drug-likeness (QED) is 0.694. The molecular weight excluding hydrogens is 188 g/mol. The normalized spacial score (nSPS) is 23.6. The number of β-amino-alcohol motifs (C(OH)–C–C–N with tert-alkyl or cyclic N) is 1. The number of aliphatic hydroxyl groups is 1. The lowest BCUT2D eigenvalue weighted by atomic mass is 9.81. The van der Waals surface area contributed by atoms with Crippen LogP contribution in [-0.4, -0.2) is 49.3 Å². The molecule has 3 heteroatoms. The van der Waals surface area contributed by atoms with Crippen molar-refractivity contribution in [1.29, 1.82) is 0 Å². The summed E-state index contributed by atoms with van der Waals surface area (Å²) in [6, 6.07) is 0. The molecule has 0 amide bonds. The van der Waals surface area contributed by atoms with E-state index >= 15 is 0 Å². The molecule has 0 aliphatic carbocycles. The summed E-state index contributed by atoms with van der Waals surface area (Å²) in [5.41, 5.74) is 0.388. The molecule has 90 valence electrons. The first-order valence-electron chi connectivity index (χ1n) is 6.21. The first-order chi connectivity index (χ1) is 7.15. The molecule has 0 radical (unpaired) electrons. The Morgan fingerprint density at radius 1 is 1.40 bits per heavy atom. The van der Waals surface area contributed by atoms with Crippen LogP contribution in [0.3, 0.4) is 0 Å². The minimum absolute atomic E-state index is 0.0917. The predicted octanol–water partition coefficient (Wildman–Crippen LogP) is 1.08. The molecule has 1 atom stereocenters. The Labute approximate surface area is 93.9 Å². The third kappa shape index (κ3) is 3.44. The molecule has 1 unspecified atom stereocenters. The van der Waals surface area contributed by atoms with Gasteiger partial charge in [0, 0.05) is 26.2 Å². The number of hydrogen-bond donors (Lipinski definition) is 2. The molecule has 1 saturated heterocycles. The molecule has 3 nitrogen and oxygen atoms in total. The van der Waals surface area contributed by atoms with Gasteiger partial charge in [-0.05, 0) is 31.7 Å². The van der Waals surface area contributed by atoms with Crippen molar-refractivity contribution in [3.63, 3.8) is 0 Å². The lowest BCUT2D eigenvalue weighted by Crippen LogP contribution is -2.42. The van der Waals surface area contributed by atoms with Crippen molar-refractivity contribution < 1.29 is 5.11 Å². The largest absolute Gasteiger partial charge is 0.392 e. The van der Waals surface area contributed by atoms with E-state index in [4.69, 9.17) is 0 Å². The minimum Gasteiger partial charge on any atom is -0.392 e. The Kier molecular flexibility index (Phi) is 5.03. The zero-order valence-electron chi connectivity index (χ0n) is 10.4. The first kappa shape index (κ1) is 12.9. The van der Waals surface area contributed by atoms with Gasteiger partial charge in [-0.2, -0.15) is 0 Å². The SMILES string of the molecule is CCC(CC)(CNC)CN1CCC(O)C1. The molecular formula is C12H26N2O. The third-order valence-corrected chi connectivity index (χ3v) is 3.86. The second-order valence-corrected chi connectivity index (χ2v) is 4.92. The smallest absolute Gasteiger partial charge is 0.0679 e. The first-order valence-corrected chi connectivity index (χ1v) is 6.21. The van der Waals surface area contributed by atoms with Crippen LogP contribution in [0.25, 0.3) is 0 Å². The summed E-state index contributed by atoms with van der Waals surface area (Å²) in [5, 5.41) is 12.8. The van der Waals surface area contributed by atoms with Crippen LogP contribution in [0.2, 0.25) is 0 Å². The lowest BCUT2D eigenvalue weighted by molar-refractivity contribution is 0.131. The zero-order chi connectivity index (χ0) is 11.3. The Hall–Kier alpha value is -0.120. The van der Waals surface area contributed by atoms with Gasteiger partial charge in [-0.25, -0.2) is 0 Å². The summed E-state index contributed by atoms with van der Waals surface area (Å²) in [7, 11) is 2.03. The van der Waals surface area contributed by atoms with Gasteiger partial charge >= 0.3 is 0 Å². The van der Waals surface area contributed by atoms with E-state index in [2.05, 4.69) is 24.1 Å². The maximum Gasteiger partial charge on any atom is 0.0679 e. The fourth-order valence-electron chi connectivity index (χ4n) is 2.58. The summed E-state index contributed by atoms with van der Waals surface area (Å²) in [5.74, 6) is 0. The lowest BCUT2D eigenvalue weighted by Gasteiger charge is -2.35. The van der Waals surface area contributed by atoms with Gasteiger partial charge in [0.1, 0.15) is 0 Å². The molecule has 15 heavy (non-hydrogen) atoms. The fraction of sp³-hybridized carbons (Fsp3) is 1.00. The second-order valence-electron chi connectivity index (χ2n) is 4.92. The highest BCUT2D eigenvalue weighted by molar-refractivity contribution is 4.85. The van der Waals surface area contributed by atoms with Crippen LogP contribution >= 0.6 is 0 Å². The molecule has 1 fully saturated rings. The van der Waals surface area contributed by atoms with Gasteiger partial charge < -0.3 is 15.3 Å². The maximum atomic E-state index is 9.51. The van der Waals surface area contributed by atoms with Gasteiger partial charge in [0.15, 0.2) is 0 Å². The summed E-state index contributed by atoms with van der Waals surface area (Å²) in [6.45, 7) is 8.67. The van der Waals surface area contributed by atoms with E-state index in [1.165, 1.54) is 12.8 Å². The van der Waals surface area contributed by atoms with Gasteiger partial charge in [-0.3, -0.25) is 0 Å². The second kappa shape index (κ2) is 5.83. The fourth-order valence-corrected chi connectivity index (χ4v) is 2.58. The molecule has 0 bridgehead atoms. The summed E-state index contributed by atoms with van der Waals surface area (Å²) >= 11 is 0. The van der Waals surface area contributed by atoms with Gasteiger partial charge in [-0.1, -0.05) is 13.8 Å². The molecule has 0 saturated carbocycles. The highest BCUT2D eigenvalue weighted by Gasteiger charge is 2.31. The predicted molar refractivity (Wildman–Crippen MR) is 64.0 cm³/mol. The maximum absolute atomic E-state index is 9.51. The summed E-state index contributed by atoms with van der Waals surface area (Å²) in [4.78, 5) is 2.41. The topological polar surface area (TPSA) is 35.5 Å². The average Bonchev–Trinajstić information content (AvgIpc) is 2.63. The molecule has 0 aromatic rings. The number of aliphatic hydroxyl groups excluding tert-OH is 1. The summed E-state index contributed by atoms with van der Waals surface area (Å²) < 4.78 is 0. The molecule has 1 aliphatic heterocycles. The molecule has 1 heterocycles. The monoisotopic (exact) mass is 214 g/mol.